The second-order valence-corrected chi connectivity index (χ2v) is 34.2. The number of carbonyl (C=O) groups is 5. The van der Waals surface area contributed by atoms with E-state index in [0.29, 0.717) is 41.2 Å². The number of nitrogens with two attached hydrogens (primary N) is 2. The Balaban J connectivity index is 0.000000661. The van der Waals surface area contributed by atoms with E-state index in [4.69, 9.17) is 74.7 Å². The van der Waals surface area contributed by atoms with Gasteiger partial charge in [0.05, 0.1) is 46.9 Å². The number of nitrogens with zero attached hydrogens (tertiary/aromatic N) is 12. The predicted molar refractivity (Wildman–Crippen MR) is 441 cm³/mol. The maximum Gasteiger partial charge on any atom is 0.424 e. The second-order valence-electron chi connectivity index (χ2n) is 33.0. The average Bonchev–Trinajstić information content (AvgIpc) is 0.881. The highest BCUT2D eigenvalue weighted by Crippen LogP contribution is 2.26. The molecule has 4 aliphatic heterocycles. The van der Waals surface area contributed by atoms with Gasteiger partial charge in [-0.05, 0) is 241 Å². The Hall–Kier alpha value is -7.04. The van der Waals surface area contributed by atoms with Crippen LogP contribution in [-0.4, -0.2) is 193 Å². The lowest BCUT2D eigenvalue weighted by molar-refractivity contribution is -0.677. The fourth-order valence-electron chi connectivity index (χ4n) is 10.1. The van der Waals surface area contributed by atoms with Gasteiger partial charge in [-0.3, -0.25) is 19.6 Å². The summed E-state index contributed by atoms with van der Waals surface area (Å²) in [6.45, 7) is 43.7. The summed E-state index contributed by atoms with van der Waals surface area (Å²) < 4.78 is 35.6. The van der Waals surface area contributed by atoms with Crippen molar-refractivity contribution in [1.29, 1.82) is 0 Å². The number of piperidine rings is 3. The minimum Gasteiger partial charge on any atom is -1.00 e. The van der Waals surface area contributed by atoms with Crippen molar-refractivity contribution in [2.24, 2.45) is 26.9 Å². The summed E-state index contributed by atoms with van der Waals surface area (Å²) in [5.74, 6) is 0. The molecule has 0 bridgehead atoms. The highest BCUT2D eigenvalue weighted by Gasteiger charge is 2.36. The first-order chi connectivity index (χ1) is 51.1. The molecule has 0 aliphatic carbocycles. The number of nitrogens with one attached hydrogen (secondary N) is 2. The highest BCUT2D eigenvalue weighted by atomic mass is 127. The molecule has 4 aliphatic rings. The summed E-state index contributed by atoms with van der Waals surface area (Å²) in [7, 11) is 11.3. The number of rotatable bonds is 5. The molecule has 9 heterocycles. The number of nitrogen functional groups attached to an aromatic ring is 1. The van der Waals surface area contributed by atoms with Crippen molar-refractivity contribution >= 4 is 88.0 Å². The van der Waals surface area contributed by atoms with Crippen molar-refractivity contribution in [2.45, 2.75) is 261 Å². The normalized spacial score (nSPS) is 18.5. The molecule has 0 aromatic carbocycles. The molecule has 6 unspecified atom stereocenters. The molecule has 5 aromatic rings. The lowest BCUT2D eigenvalue weighted by Crippen LogP contribution is -3.00. The Morgan fingerprint density at radius 2 is 0.920 bits per heavy atom. The van der Waals surface area contributed by atoms with Crippen LogP contribution in [0.5, 0.6) is 0 Å². The van der Waals surface area contributed by atoms with Gasteiger partial charge in [-0.25, -0.2) is 37.9 Å². The van der Waals surface area contributed by atoms with Gasteiger partial charge < -0.3 is 89.2 Å². The van der Waals surface area contributed by atoms with E-state index in [-0.39, 0.29) is 62.3 Å². The molecule has 0 spiro atoms. The Morgan fingerprint density at radius 3 is 1.29 bits per heavy atom. The van der Waals surface area contributed by atoms with E-state index < -0.39 is 52.4 Å². The Morgan fingerprint density at radius 1 is 0.527 bits per heavy atom. The van der Waals surface area contributed by atoms with Gasteiger partial charge in [-0.1, -0.05) is 34.8 Å². The number of likely N-dealkylation sites (tertiary alicyclic amines) is 3. The molecular formula is C79H130Cl3IN16O13. The van der Waals surface area contributed by atoms with E-state index in [0.717, 1.165) is 102 Å². The number of pyridine rings is 3. The van der Waals surface area contributed by atoms with Crippen LogP contribution in [0.25, 0.3) is 0 Å². The molecule has 5 amide bonds. The molecule has 29 nitrogen and oxygen atoms in total. The molecule has 0 radical (unpaired) electrons. The number of aryl methyl sites for hydroxylation is 6. The standard InChI is InChI=1S/C17H27N2O4.C16H24N2O4.C12H19ClN4O.C12H24N2O2.C7H16N2.C6H8N2.C5H4Cl2N2O.C4H8O.HI/c1-12-9-10-13(11-18(12)8)19(14(20)22-16(2,3)4)15(21)23-17(5,6)7;1-11-8-9-12(10-17-11)18(13(19)21-15(2,3)4)14(20)22-16(5,6)7;1-8-4-5-9(7-16(8)2)15-10-6-14-17(3)12(18)11(10)13;1-9-6-7-10(8-14(9)5)13-11(15)16-12(2,3)4;1-6-3-4-7(8)5-9(6)2;1-5-2-3-6(7)4-8-5;1-9-5(10)4(7)3(6)2-8-9;1-2-4-5-3-1;/h9-11H,1-8H3;8-10H,1-7H3;6,8-9,15H,4-5,7H2,1-3H3;9-10H,6-8H2,1-5H3,(H,13,15);6-7H,3-5,8H2,1-2H3;2-4H,7H2,1H3;2H,1H3;1-4H2;1H/q+1;;;;;;;;/p-1. The molecule has 5 aromatic heterocycles. The summed E-state index contributed by atoms with van der Waals surface area (Å²) in [6, 6.07) is 13.5. The highest BCUT2D eigenvalue weighted by molar-refractivity contribution is 6.41. The first kappa shape index (κ1) is 103. The molecule has 33 heteroatoms. The third-order valence-electron chi connectivity index (χ3n) is 16.7. The molecule has 0 saturated carbocycles. The molecule has 4 saturated heterocycles. The third kappa shape index (κ3) is 41.3. The van der Waals surface area contributed by atoms with E-state index >= 15 is 0 Å². The van der Waals surface area contributed by atoms with E-state index in [1.54, 1.807) is 127 Å². The smallest absolute Gasteiger partial charge is 0.424 e. The fraction of sp³-hybridized carbons (Fsp3) is 0.646. The number of alkyl carbamates (subject to hydrolysis) is 1. The number of halogens is 4. The minimum atomic E-state index is -0.799. The zero-order chi connectivity index (χ0) is 84.9. The lowest BCUT2D eigenvalue weighted by atomic mass is 10.00. The van der Waals surface area contributed by atoms with Crippen LogP contribution in [0.3, 0.4) is 0 Å². The van der Waals surface area contributed by atoms with Crippen LogP contribution < -0.4 is 71.6 Å². The molecule has 9 rings (SSSR count). The van der Waals surface area contributed by atoms with Crippen LogP contribution in [0.1, 0.15) is 193 Å². The van der Waals surface area contributed by atoms with Crippen LogP contribution in [0.2, 0.25) is 15.1 Å². The molecule has 6 N–H and O–H groups in total. The van der Waals surface area contributed by atoms with Crippen LogP contribution in [0.15, 0.2) is 77.0 Å². The number of hydrogen-bond acceptors (Lipinski definition) is 23. The van der Waals surface area contributed by atoms with Gasteiger partial charge in [0.15, 0.2) is 11.9 Å². The largest absolute Gasteiger partial charge is 1.00 e. The maximum atomic E-state index is 12.5. The van der Waals surface area contributed by atoms with E-state index in [9.17, 15) is 33.6 Å². The summed E-state index contributed by atoms with van der Waals surface area (Å²) in [5.41, 5.74) is 12.0. The zero-order valence-electron chi connectivity index (χ0n) is 71.3. The van der Waals surface area contributed by atoms with Gasteiger partial charge in [0.25, 0.3) is 11.1 Å². The van der Waals surface area contributed by atoms with Crippen LogP contribution >= 0.6 is 34.8 Å². The van der Waals surface area contributed by atoms with Gasteiger partial charge in [-0.15, -0.1) is 0 Å². The summed E-state index contributed by atoms with van der Waals surface area (Å²) in [5, 5.41) is 14.3. The van der Waals surface area contributed by atoms with Crippen molar-refractivity contribution < 1.29 is 80.9 Å². The van der Waals surface area contributed by atoms with E-state index in [1.165, 1.54) is 49.8 Å². The van der Waals surface area contributed by atoms with Crippen molar-refractivity contribution in [2.75, 3.05) is 74.8 Å². The number of carbonyl (C=O) groups excluding carboxylic acids is 5. The molecule has 6 atom stereocenters. The summed E-state index contributed by atoms with van der Waals surface area (Å²) >= 11 is 17.0. The SMILES string of the molecule is C1CCOC1.CC1CCC(N)CN1C.CC1CCC(NC(=O)OC(C)(C)C)CN1C.CC1CCC(Nc2cnn(C)c(=O)c2Cl)CN1C.Cc1ccc(N(C(=O)OC(C)(C)C)C(=O)OC(C)(C)C)c[n+]1C.Cc1ccc(N(C(=O)OC(C)(C)C)C(=O)OC(C)(C)C)cn1.Cc1ccc(N)cn1.Cn1ncc(Cl)c(Cl)c1=O.[I-]. The molecule has 632 valence electrons. The quantitative estimate of drug-likeness (QED) is 0.0721. The fourth-order valence-corrected chi connectivity index (χ4v) is 10.6. The first-order valence-electron chi connectivity index (χ1n) is 37.5. The number of anilines is 4. The van der Waals surface area contributed by atoms with Crippen molar-refractivity contribution in [3.05, 3.63) is 120 Å². The van der Waals surface area contributed by atoms with Crippen LogP contribution in [0, 0.1) is 20.8 Å². The number of amides is 5. The third-order valence-corrected chi connectivity index (χ3v) is 17.8. The lowest BCUT2D eigenvalue weighted by Gasteiger charge is -2.36. The van der Waals surface area contributed by atoms with Gasteiger partial charge in [0.2, 0.25) is 0 Å². The Labute approximate surface area is 697 Å². The van der Waals surface area contributed by atoms with Crippen LogP contribution in [0.4, 0.5) is 46.7 Å². The van der Waals surface area contributed by atoms with E-state index in [2.05, 4.69) is 87.4 Å². The first-order valence-corrected chi connectivity index (χ1v) is 38.6. The predicted octanol–water partition coefficient (Wildman–Crippen LogP) is 11.2. The molecule has 112 heavy (non-hydrogen) atoms. The van der Waals surface area contributed by atoms with Gasteiger partial charge in [0.1, 0.15) is 50.8 Å². The van der Waals surface area contributed by atoms with E-state index in [1.807, 2.05) is 71.4 Å². The summed E-state index contributed by atoms with van der Waals surface area (Å²) in [6.07, 6.45) is 13.7. The number of imide groups is 2. The second kappa shape index (κ2) is 47.7. The summed E-state index contributed by atoms with van der Waals surface area (Å²) in [4.78, 5) is 100. The zero-order valence-corrected chi connectivity index (χ0v) is 75.8. The number of ether oxygens (including phenoxy) is 6. The van der Waals surface area contributed by atoms with Gasteiger partial charge in [0, 0.05) is 108 Å². The number of hydrogen-bond donors (Lipinski definition) is 4. The minimum absolute atomic E-state index is 0. The molecule has 4 fully saturated rings. The number of likely N-dealkylation sites (N-methyl/N-ethyl adjacent to an activating group) is 3. The van der Waals surface area contributed by atoms with Crippen molar-refractivity contribution in [1.82, 2.24) is 49.5 Å². The van der Waals surface area contributed by atoms with Gasteiger partial charge >= 0.3 is 30.5 Å². The number of aromatic nitrogens is 7. The monoisotopic (exact) mass is 1740 g/mol. The maximum absolute atomic E-state index is 12.5. The Kier molecular flexibility index (Phi) is 43.9. The average molecular weight is 1750 g/mol. The van der Waals surface area contributed by atoms with Gasteiger partial charge in [-0.2, -0.15) is 20.0 Å². The topological polar surface area (TPSA) is 332 Å². The Bertz CT molecular complexity index is 3760. The van der Waals surface area contributed by atoms with Crippen molar-refractivity contribution in [3.63, 3.8) is 0 Å². The van der Waals surface area contributed by atoms with Crippen molar-refractivity contribution in [3.8, 4) is 0 Å². The van der Waals surface area contributed by atoms with Crippen LogP contribution in [-0.2, 0) is 49.6 Å². The molecular weight excluding hydrogens is 1610 g/mol.